The van der Waals surface area contributed by atoms with Crippen molar-refractivity contribution in [2.75, 3.05) is 0 Å². The SMILES string of the molecule is FC#Cc1ccc2oc[c]c2c1. The van der Waals surface area contributed by atoms with Crippen molar-refractivity contribution in [1.29, 1.82) is 0 Å². The highest BCUT2D eigenvalue weighted by molar-refractivity contribution is 5.77. The fraction of sp³-hybridized carbons (Fsp3) is 0. The zero-order chi connectivity index (χ0) is 8.39. The molecule has 2 aromatic rings. The first kappa shape index (κ1) is 6.93. The van der Waals surface area contributed by atoms with Crippen LogP contribution in [0.4, 0.5) is 4.39 Å². The van der Waals surface area contributed by atoms with Crippen LogP contribution in [0, 0.1) is 18.2 Å². The van der Waals surface area contributed by atoms with E-state index in [-0.39, 0.29) is 0 Å². The van der Waals surface area contributed by atoms with Gasteiger partial charge >= 0.3 is 0 Å². The molecule has 12 heavy (non-hydrogen) atoms. The summed E-state index contributed by atoms with van der Waals surface area (Å²) in [7, 11) is 0. The Bertz CT molecular complexity index is 459. The highest BCUT2D eigenvalue weighted by atomic mass is 19.1. The molecule has 0 amide bonds. The van der Waals surface area contributed by atoms with Crippen LogP contribution >= 0.6 is 0 Å². The maximum Gasteiger partial charge on any atom is 0.134 e. The Hall–Kier alpha value is -1.75. The summed E-state index contributed by atoms with van der Waals surface area (Å²) in [5.74, 6) is 2.31. The van der Waals surface area contributed by atoms with Crippen LogP contribution in [0.1, 0.15) is 5.56 Å². The van der Waals surface area contributed by atoms with Crippen LogP contribution in [-0.2, 0) is 0 Å². The predicted molar refractivity (Wildman–Crippen MR) is 43.0 cm³/mol. The van der Waals surface area contributed by atoms with Crippen LogP contribution in [0.3, 0.4) is 0 Å². The minimum Gasteiger partial charge on any atom is -0.464 e. The van der Waals surface area contributed by atoms with Gasteiger partial charge in [0.25, 0.3) is 0 Å². The molecule has 0 aliphatic heterocycles. The van der Waals surface area contributed by atoms with Crippen molar-refractivity contribution in [3.05, 3.63) is 36.1 Å². The fourth-order valence-corrected chi connectivity index (χ4v) is 1.03. The van der Waals surface area contributed by atoms with Crippen LogP contribution in [-0.4, -0.2) is 0 Å². The molecule has 1 aromatic heterocycles. The quantitative estimate of drug-likeness (QED) is 0.538. The van der Waals surface area contributed by atoms with Crippen LogP contribution in [0.25, 0.3) is 11.0 Å². The number of benzene rings is 1. The average molecular weight is 159 g/mol. The van der Waals surface area contributed by atoms with Crippen LogP contribution in [0.5, 0.6) is 0 Å². The zero-order valence-corrected chi connectivity index (χ0v) is 6.10. The number of halogens is 1. The lowest BCUT2D eigenvalue weighted by molar-refractivity contribution is 0.615. The van der Waals surface area contributed by atoms with E-state index in [0.29, 0.717) is 5.56 Å². The minimum absolute atomic E-state index is 0.627. The van der Waals surface area contributed by atoms with Crippen molar-refractivity contribution in [2.45, 2.75) is 0 Å². The van der Waals surface area contributed by atoms with Gasteiger partial charge in [-0.3, -0.25) is 0 Å². The Morgan fingerprint density at radius 1 is 1.42 bits per heavy atom. The maximum absolute atomic E-state index is 11.6. The Balaban J connectivity index is 2.65. The molecule has 0 fully saturated rings. The second-order valence-electron chi connectivity index (χ2n) is 2.31. The van der Waals surface area contributed by atoms with E-state index in [1.54, 1.807) is 18.2 Å². The summed E-state index contributed by atoms with van der Waals surface area (Å²) in [6, 6.07) is 8.03. The second-order valence-corrected chi connectivity index (χ2v) is 2.31. The van der Waals surface area contributed by atoms with Gasteiger partial charge in [-0.25, -0.2) is 0 Å². The van der Waals surface area contributed by atoms with E-state index in [1.807, 2.05) is 0 Å². The molecule has 2 rings (SSSR count). The molecule has 0 atom stereocenters. The molecular weight excluding hydrogens is 155 g/mol. The van der Waals surface area contributed by atoms with Crippen LogP contribution in [0.2, 0.25) is 0 Å². The second kappa shape index (κ2) is 2.71. The standard InChI is InChI=1S/C10H4FO/c11-5-3-8-1-2-10-9(7-8)4-6-12-10/h1-2,6-7H. The van der Waals surface area contributed by atoms with Gasteiger partial charge in [0.15, 0.2) is 0 Å². The molecule has 0 N–H and O–H groups in total. The lowest BCUT2D eigenvalue weighted by Crippen LogP contribution is -1.71. The number of rotatable bonds is 0. The molecule has 0 spiro atoms. The topological polar surface area (TPSA) is 13.1 Å². The highest BCUT2D eigenvalue weighted by Crippen LogP contribution is 2.15. The summed E-state index contributed by atoms with van der Waals surface area (Å²) < 4.78 is 16.7. The van der Waals surface area contributed by atoms with E-state index >= 15 is 0 Å². The molecule has 2 heteroatoms. The summed E-state index contributed by atoms with van der Waals surface area (Å²) in [6.07, 6.45) is 2.82. The van der Waals surface area contributed by atoms with Crippen molar-refractivity contribution in [1.82, 2.24) is 0 Å². The highest BCUT2D eigenvalue weighted by Gasteiger charge is 1.96. The third kappa shape index (κ3) is 1.06. The summed E-state index contributed by atoms with van der Waals surface area (Å²) in [4.78, 5) is 0. The van der Waals surface area contributed by atoms with Crippen LogP contribution < -0.4 is 0 Å². The van der Waals surface area contributed by atoms with Gasteiger partial charge < -0.3 is 4.42 Å². The van der Waals surface area contributed by atoms with Gasteiger partial charge in [-0.2, -0.15) is 0 Å². The number of hydrogen-bond donors (Lipinski definition) is 0. The van der Waals surface area contributed by atoms with Gasteiger partial charge in [0.2, 0.25) is 0 Å². The van der Waals surface area contributed by atoms with Gasteiger partial charge in [-0.1, -0.05) is 0 Å². The van der Waals surface area contributed by atoms with Gasteiger partial charge in [-0.05, 0) is 24.1 Å². The fourth-order valence-electron chi connectivity index (χ4n) is 1.03. The first-order valence-electron chi connectivity index (χ1n) is 3.41. The molecule has 0 saturated carbocycles. The van der Waals surface area contributed by atoms with Crippen LogP contribution in [0.15, 0.2) is 28.9 Å². The molecular formula is C10H4FO. The lowest BCUT2D eigenvalue weighted by atomic mass is 10.2. The first-order chi connectivity index (χ1) is 5.90. The Morgan fingerprint density at radius 2 is 2.33 bits per heavy atom. The molecule has 0 aliphatic carbocycles. The Labute approximate surface area is 68.8 Å². The summed E-state index contributed by atoms with van der Waals surface area (Å²) in [6.45, 7) is 0. The van der Waals surface area contributed by atoms with Gasteiger partial charge in [-0.15, -0.1) is 4.39 Å². The van der Waals surface area contributed by atoms with E-state index in [4.69, 9.17) is 4.42 Å². The van der Waals surface area contributed by atoms with Gasteiger partial charge in [0.1, 0.15) is 11.8 Å². The maximum atomic E-state index is 11.6. The largest absolute Gasteiger partial charge is 0.464 e. The first-order valence-corrected chi connectivity index (χ1v) is 3.41. The summed E-state index contributed by atoms with van der Waals surface area (Å²) in [5.41, 5.74) is 1.36. The van der Waals surface area contributed by atoms with E-state index in [2.05, 4.69) is 12.0 Å². The monoisotopic (exact) mass is 159 g/mol. The lowest BCUT2D eigenvalue weighted by Gasteiger charge is -1.88. The molecule has 0 bridgehead atoms. The molecule has 0 unspecified atom stereocenters. The molecule has 1 heterocycles. The van der Waals surface area contributed by atoms with Crippen molar-refractivity contribution in [3.8, 4) is 12.1 Å². The van der Waals surface area contributed by atoms with E-state index in [1.165, 1.54) is 12.4 Å². The minimum atomic E-state index is 0.627. The molecule has 0 saturated heterocycles. The summed E-state index contributed by atoms with van der Waals surface area (Å²) in [5, 5.41) is 0.815. The van der Waals surface area contributed by atoms with Crippen molar-refractivity contribution < 1.29 is 8.81 Å². The van der Waals surface area contributed by atoms with Gasteiger partial charge in [0.05, 0.1) is 6.26 Å². The van der Waals surface area contributed by atoms with E-state index in [9.17, 15) is 4.39 Å². The Morgan fingerprint density at radius 3 is 3.17 bits per heavy atom. The molecule has 1 nitrogen and oxygen atoms in total. The zero-order valence-electron chi connectivity index (χ0n) is 6.10. The molecule has 0 aliphatic rings. The predicted octanol–water partition coefficient (Wildman–Crippen LogP) is 2.51. The molecule has 1 aromatic carbocycles. The normalized spacial score (nSPS) is 9.42. The van der Waals surface area contributed by atoms with Crippen molar-refractivity contribution in [2.24, 2.45) is 0 Å². The van der Waals surface area contributed by atoms with E-state index in [0.717, 1.165) is 11.0 Å². The third-order valence-corrected chi connectivity index (χ3v) is 1.57. The average Bonchev–Trinajstić information content (AvgIpc) is 2.51. The number of hydrogen-bond acceptors (Lipinski definition) is 1. The molecule has 1 radical (unpaired) electrons. The van der Waals surface area contributed by atoms with Gasteiger partial charge in [0, 0.05) is 17.0 Å². The molecule has 57 valence electrons. The van der Waals surface area contributed by atoms with E-state index < -0.39 is 0 Å². The smallest absolute Gasteiger partial charge is 0.134 e. The number of furan rings is 1. The van der Waals surface area contributed by atoms with Crippen molar-refractivity contribution in [3.63, 3.8) is 0 Å². The third-order valence-electron chi connectivity index (χ3n) is 1.57. The number of fused-ring (bicyclic) bond motifs is 1. The van der Waals surface area contributed by atoms with Crippen molar-refractivity contribution >= 4 is 11.0 Å². The summed E-state index contributed by atoms with van der Waals surface area (Å²) >= 11 is 0. The Kier molecular flexibility index (Phi) is 1.56.